The minimum atomic E-state index is -1.11. The van der Waals surface area contributed by atoms with Crippen LogP contribution in [0.1, 0.15) is 42.4 Å². The van der Waals surface area contributed by atoms with E-state index in [1.807, 2.05) is 40.9 Å². The van der Waals surface area contributed by atoms with E-state index in [1.165, 1.54) is 7.11 Å². The maximum atomic E-state index is 12.5. The van der Waals surface area contributed by atoms with Crippen molar-refractivity contribution >= 4 is 23.9 Å². The van der Waals surface area contributed by atoms with Crippen molar-refractivity contribution in [3.8, 4) is 17.2 Å². The molecule has 3 aromatic rings. The summed E-state index contributed by atoms with van der Waals surface area (Å²) in [7, 11) is 5.30. The third kappa shape index (κ3) is 7.14. The predicted octanol–water partition coefficient (Wildman–Crippen LogP) is 3.68. The topological polar surface area (TPSA) is 139 Å². The molecule has 2 atom stereocenters. The third-order valence-corrected chi connectivity index (χ3v) is 7.19. The highest BCUT2D eigenvalue weighted by atomic mass is 16.5. The van der Waals surface area contributed by atoms with Crippen molar-refractivity contribution in [1.29, 1.82) is 0 Å². The minimum Gasteiger partial charge on any atom is -0.490 e. The number of hydrogen-bond donors (Lipinski definition) is 4. The molecule has 0 unspecified atom stereocenters. The highest BCUT2D eigenvalue weighted by Crippen LogP contribution is 2.35. The van der Waals surface area contributed by atoms with E-state index in [9.17, 15) is 14.7 Å². The first-order valence-corrected chi connectivity index (χ1v) is 14.2. The zero-order chi connectivity index (χ0) is 32.0. The van der Waals surface area contributed by atoms with Crippen molar-refractivity contribution < 1.29 is 28.9 Å². The number of aliphatic hydroxyl groups is 1. The lowest BCUT2D eigenvalue weighted by Crippen LogP contribution is -2.45. The Balaban J connectivity index is 1.42. The first kappa shape index (κ1) is 32.0. The van der Waals surface area contributed by atoms with Crippen LogP contribution in [0.25, 0.3) is 5.69 Å². The second-order valence-corrected chi connectivity index (χ2v) is 10.5. The van der Waals surface area contributed by atoms with E-state index in [4.69, 9.17) is 14.2 Å². The Kier molecular flexibility index (Phi) is 10.2. The molecule has 0 saturated carbocycles. The number of hydrazone groups is 1. The van der Waals surface area contributed by atoms with Crippen LogP contribution in [0.15, 0.2) is 64.9 Å². The van der Waals surface area contributed by atoms with Gasteiger partial charge in [-0.05, 0) is 75.7 Å². The van der Waals surface area contributed by atoms with Gasteiger partial charge in [-0.2, -0.15) is 5.10 Å². The zero-order valence-electron chi connectivity index (χ0n) is 26.1. The first-order chi connectivity index (χ1) is 21.0. The number of amides is 2. The molecule has 12 heteroatoms. The molecule has 0 fully saturated rings. The Labute approximate surface area is 257 Å². The molecule has 2 heterocycles. The van der Waals surface area contributed by atoms with E-state index in [-0.39, 0.29) is 12.2 Å². The van der Waals surface area contributed by atoms with Crippen molar-refractivity contribution in [2.75, 3.05) is 39.3 Å². The van der Waals surface area contributed by atoms with Gasteiger partial charge in [0.2, 0.25) is 0 Å². The van der Waals surface area contributed by atoms with E-state index in [0.29, 0.717) is 29.4 Å². The summed E-state index contributed by atoms with van der Waals surface area (Å²) in [6.07, 6.45) is 0.556. The highest BCUT2D eigenvalue weighted by Gasteiger charge is 2.32. The number of aryl methyl sites for hydroxylation is 1. The average Bonchev–Trinajstić information content (AvgIpc) is 3.28. The highest BCUT2D eigenvalue weighted by molar-refractivity contribution is 5.95. The van der Waals surface area contributed by atoms with Crippen molar-refractivity contribution in [3.63, 3.8) is 0 Å². The number of aromatic nitrogens is 1. The van der Waals surface area contributed by atoms with E-state index in [1.54, 1.807) is 31.3 Å². The lowest BCUT2D eigenvalue weighted by molar-refractivity contribution is -0.136. The quantitative estimate of drug-likeness (QED) is 0.106. The second kappa shape index (κ2) is 14.0. The number of urea groups is 1. The fourth-order valence-corrected chi connectivity index (χ4v) is 5.03. The van der Waals surface area contributed by atoms with E-state index >= 15 is 0 Å². The number of hydrogen-bond acceptors (Lipinski definition) is 9. The number of anilines is 1. The van der Waals surface area contributed by atoms with Crippen molar-refractivity contribution in [1.82, 2.24) is 20.6 Å². The van der Waals surface area contributed by atoms with Crippen LogP contribution in [-0.2, 0) is 9.53 Å². The van der Waals surface area contributed by atoms with Gasteiger partial charge in [0.05, 0.1) is 31.5 Å². The van der Waals surface area contributed by atoms with Crippen LogP contribution in [0.3, 0.4) is 0 Å². The number of allylic oxidation sites excluding steroid dienone is 1. The molecule has 0 radical (unpaired) electrons. The van der Waals surface area contributed by atoms with Crippen LogP contribution < -0.4 is 30.4 Å². The fourth-order valence-electron chi connectivity index (χ4n) is 5.03. The molecule has 0 spiro atoms. The monoisotopic (exact) mass is 604 g/mol. The van der Waals surface area contributed by atoms with E-state index in [2.05, 4.69) is 54.9 Å². The van der Waals surface area contributed by atoms with Gasteiger partial charge in [-0.25, -0.2) is 9.59 Å². The molecule has 44 heavy (non-hydrogen) atoms. The lowest BCUT2D eigenvalue weighted by atomic mass is 9.95. The first-order valence-electron chi connectivity index (χ1n) is 14.2. The van der Waals surface area contributed by atoms with Gasteiger partial charge in [-0.3, -0.25) is 5.43 Å². The van der Waals surface area contributed by atoms with Crippen molar-refractivity contribution in [2.24, 2.45) is 5.10 Å². The van der Waals surface area contributed by atoms with E-state index in [0.717, 1.165) is 28.3 Å². The molecule has 2 aromatic carbocycles. The molecule has 1 aliphatic heterocycles. The Morgan fingerprint density at radius 3 is 2.50 bits per heavy atom. The Morgan fingerprint density at radius 2 is 1.84 bits per heavy atom. The third-order valence-electron chi connectivity index (χ3n) is 7.19. The Hall–Kier alpha value is -4.97. The molecule has 0 saturated heterocycles. The van der Waals surface area contributed by atoms with Gasteiger partial charge < -0.3 is 39.4 Å². The van der Waals surface area contributed by atoms with Crippen LogP contribution in [0, 0.1) is 13.8 Å². The predicted molar refractivity (Wildman–Crippen MR) is 169 cm³/mol. The summed E-state index contributed by atoms with van der Waals surface area (Å²) < 4.78 is 18.7. The SMILES string of the molecule is CCOc1cc([C@@H]2NC(=O)NC(C)=C2C(=O)OC)ccc1OC[C@H](O)N/N=C\c1cc(C)n(-c2ccc(N(C)C)cc2)c1C. The smallest absolute Gasteiger partial charge is 0.337 e. The molecule has 1 aliphatic rings. The number of esters is 1. The molecule has 234 valence electrons. The summed E-state index contributed by atoms with van der Waals surface area (Å²) in [5.41, 5.74) is 9.15. The van der Waals surface area contributed by atoms with Crippen LogP contribution in [0.2, 0.25) is 0 Å². The van der Waals surface area contributed by atoms with Crippen LogP contribution in [0.5, 0.6) is 11.5 Å². The molecular weight excluding hydrogens is 564 g/mol. The number of ether oxygens (including phenoxy) is 3. The normalized spacial score (nSPS) is 15.5. The largest absolute Gasteiger partial charge is 0.490 e. The fraction of sp³-hybridized carbons (Fsp3) is 0.344. The summed E-state index contributed by atoms with van der Waals surface area (Å²) in [6.45, 7) is 7.75. The molecule has 4 N–H and O–H groups in total. The maximum absolute atomic E-state index is 12.5. The maximum Gasteiger partial charge on any atom is 0.337 e. The van der Waals surface area contributed by atoms with Crippen molar-refractivity contribution in [2.45, 2.75) is 40.0 Å². The molecule has 2 amide bonds. The van der Waals surface area contributed by atoms with Gasteiger partial charge in [0, 0.05) is 48.1 Å². The van der Waals surface area contributed by atoms with Gasteiger partial charge >= 0.3 is 12.0 Å². The van der Waals surface area contributed by atoms with E-state index < -0.39 is 24.3 Å². The number of aliphatic hydroxyl groups excluding tert-OH is 1. The number of nitrogens with zero attached hydrogens (tertiary/aromatic N) is 3. The Bertz CT molecular complexity index is 1560. The summed E-state index contributed by atoms with van der Waals surface area (Å²) in [5.74, 6) is 0.208. The van der Waals surface area contributed by atoms with Gasteiger partial charge in [0.1, 0.15) is 6.61 Å². The summed E-state index contributed by atoms with van der Waals surface area (Å²) in [6, 6.07) is 14.2. The average molecular weight is 605 g/mol. The number of nitrogens with one attached hydrogen (secondary N) is 3. The van der Waals surface area contributed by atoms with Gasteiger partial charge in [-0.15, -0.1) is 0 Å². The molecule has 12 nitrogen and oxygen atoms in total. The number of carbonyl (C=O) groups is 2. The minimum absolute atomic E-state index is 0.121. The number of benzene rings is 2. The zero-order valence-corrected chi connectivity index (χ0v) is 26.1. The number of methoxy groups -OCH3 is 1. The number of carbonyl (C=O) groups excluding carboxylic acids is 2. The molecule has 4 rings (SSSR count). The van der Waals surface area contributed by atoms with Crippen LogP contribution in [0.4, 0.5) is 10.5 Å². The van der Waals surface area contributed by atoms with Crippen LogP contribution >= 0.6 is 0 Å². The molecule has 0 bridgehead atoms. The van der Waals surface area contributed by atoms with Gasteiger partial charge in [0.15, 0.2) is 17.7 Å². The van der Waals surface area contributed by atoms with Crippen molar-refractivity contribution in [3.05, 3.63) is 82.3 Å². The summed E-state index contributed by atoms with van der Waals surface area (Å²) in [5, 5.41) is 20.1. The van der Waals surface area contributed by atoms with Crippen LogP contribution in [-0.4, -0.2) is 68.5 Å². The summed E-state index contributed by atoms with van der Waals surface area (Å²) in [4.78, 5) is 26.7. The molecular formula is C32H40N6O6. The van der Waals surface area contributed by atoms with Gasteiger partial charge in [0.25, 0.3) is 0 Å². The summed E-state index contributed by atoms with van der Waals surface area (Å²) >= 11 is 0. The second-order valence-electron chi connectivity index (χ2n) is 10.5. The molecule has 1 aromatic heterocycles. The standard InChI is InChI=1S/C32H40N6O6/c1-8-43-27-16-22(30-29(31(40)42-7)20(3)34-32(41)35-30)9-14-26(27)44-18-28(39)36-33-17-23-15-19(2)38(21(23)4)25-12-10-24(11-13-25)37(5)6/h9-17,28,30,36,39H,8,18H2,1-7H3,(H2,34,35,41)/b33-17-/t28-,30-/m0/s1. The Morgan fingerprint density at radius 1 is 1.11 bits per heavy atom. The lowest BCUT2D eigenvalue weighted by Gasteiger charge is -2.28. The number of rotatable bonds is 12. The molecule has 0 aliphatic carbocycles. The van der Waals surface area contributed by atoms with Gasteiger partial charge in [-0.1, -0.05) is 6.07 Å².